The van der Waals surface area contributed by atoms with Crippen LogP contribution in [0.1, 0.15) is 46.0 Å². The number of carbonyl (C=O) groups excluding carboxylic acids is 2. The number of unbranched alkanes of at least 4 members (excludes halogenated alkanes) is 1. The molecule has 1 rings (SSSR count). The first-order valence-corrected chi connectivity index (χ1v) is 6.09. The SMILES string of the molecule is CCCCC1=CC(=O)CCC1C(=O)OCC. The first-order chi connectivity index (χ1) is 7.69. The third-order valence-corrected chi connectivity index (χ3v) is 2.86. The van der Waals surface area contributed by atoms with Gasteiger partial charge in [-0.25, -0.2) is 0 Å². The van der Waals surface area contributed by atoms with Gasteiger partial charge in [-0.15, -0.1) is 0 Å². The molecule has 0 spiro atoms. The quantitative estimate of drug-likeness (QED) is 0.674. The highest BCUT2D eigenvalue weighted by atomic mass is 16.5. The van der Waals surface area contributed by atoms with Crippen LogP contribution in [0.15, 0.2) is 11.6 Å². The van der Waals surface area contributed by atoms with Gasteiger partial charge in [-0.05, 0) is 32.3 Å². The molecule has 0 saturated heterocycles. The van der Waals surface area contributed by atoms with Crippen molar-refractivity contribution in [2.24, 2.45) is 5.92 Å². The predicted molar refractivity (Wildman–Crippen MR) is 62.0 cm³/mol. The molecule has 0 fully saturated rings. The molecule has 0 aromatic carbocycles. The molecule has 3 heteroatoms. The van der Waals surface area contributed by atoms with E-state index in [1.165, 1.54) is 0 Å². The molecule has 1 aliphatic carbocycles. The van der Waals surface area contributed by atoms with E-state index in [2.05, 4.69) is 6.92 Å². The lowest BCUT2D eigenvalue weighted by atomic mass is 9.84. The van der Waals surface area contributed by atoms with E-state index in [4.69, 9.17) is 4.74 Å². The van der Waals surface area contributed by atoms with Crippen molar-refractivity contribution in [2.75, 3.05) is 6.61 Å². The van der Waals surface area contributed by atoms with E-state index in [9.17, 15) is 9.59 Å². The lowest BCUT2D eigenvalue weighted by Crippen LogP contribution is -2.24. The minimum atomic E-state index is -0.177. The summed E-state index contributed by atoms with van der Waals surface area (Å²) in [7, 11) is 0. The molecule has 0 heterocycles. The van der Waals surface area contributed by atoms with Crippen LogP contribution in [0.3, 0.4) is 0 Å². The molecule has 3 nitrogen and oxygen atoms in total. The van der Waals surface area contributed by atoms with Gasteiger partial charge in [0.1, 0.15) is 0 Å². The maximum absolute atomic E-state index is 11.7. The first-order valence-electron chi connectivity index (χ1n) is 6.09. The lowest BCUT2D eigenvalue weighted by Gasteiger charge is -2.21. The summed E-state index contributed by atoms with van der Waals surface area (Å²) in [6.45, 7) is 4.32. The molecule has 0 amide bonds. The van der Waals surface area contributed by atoms with Gasteiger partial charge in [0.2, 0.25) is 0 Å². The number of hydrogen-bond donors (Lipinski definition) is 0. The molecule has 1 aliphatic rings. The van der Waals surface area contributed by atoms with Crippen molar-refractivity contribution in [3.8, 4) is 0 Å². The fourth-order valence-corrected chi connectivity index (χ4v) is 1.99. The second kappa shape index (κ2) is 6.46. The number of hydrogen-bond acceptors (Lipinski definition) is 3. The fraction of sp³-hybridized carbons (Fsp3) is 0.692. The average molecular weight is 224 g/mol. The van der Waals surface area contributed by atoms with Gasteiger partial charge >= 0.3 is 5.97 Å². The molecule has 0 aliphatic heterocycles. The molecule has 1 unspecified atom stereocenters. The van der Waals surface area contributed by atoms with E-state index in [0.717, 1.165) is 24.8 Å². The Morgan fingerprint density at radius 1 is 1.50 bits per heavy atom. The normalized spacial score (nSPS) is 20.5. The van der Waals surface area contributed by atoms with Crippen molar-refractivity contribution in [1.29, 1.82) is 0 Å². The topological polar surface area (TPSA) is 43.4 Å². The van der Waals surface area contributed by atoms with Crippen molar-refractivity contribution < 1.29 is 14.3 Å². The average Bonchev–Trinajstić information content (AvgIpc) is 2.26. The number of ether oxygens (including phenoxy) is 1. The molecule has 90 valence electrons. The number of carbonyl (C=O) groups is 2. The Kier molecular flexibility index (Phi) is 5.23. The van der Waals surface area contributed by atoms with Gasteiger partial charge in [-0.2, -0.15) is 0 Å². The van der Waals surface area contributed by atoms with Crippen LogP contribution in [0.5, 0.6) is 0 Å². The highest BCUT2D eigenvalue weighted by molar-refractivity contribution is 5.93. The molecule has 0 radical (unpaired) electrons. The fourth-order valence-electron chi connectivity index (χ4n) is 1.99. The largest absolute Gasteiger partial charge is 0.466 e. The van der Waals surface area contributed by atoms with Crippen LogP contribution in [0, 0.1) is 5.92 Å². The Bertz CT molecular complexity index is 292. The maximum atomic E-state index is 11.7. The second-order valence-corrected chi connectivity index (χ2v) is 4.13. The second-order valence-electron chi connectivity index (χ2n) is 4.13. The van der Waals surface area contributed by atoms with Crippen molar-refractivity contribution in [3.63, 3.8) is 0 Å². The molecule has 1 atom stereocenters. The van der Waals surface area contributed by atoms with E-state index in [1.54, 1.807) is 13.0 Å². The van der Waals surface area contributed by atoms with E-state index in [-0.39, 0.29) is 17.7 Å². The minimum absolute atomic E-state index is 0.145. The summed E-state index contributed by atoms with van der Waals surface area (Å²) in [4.78, 5) is 23.0. The summed E-state index contributed by atoms with van der Waals surface area (Å²) in [6, 6.07) is 0. The summed E-state index contributed by atoms with van der Waals surface area (Å²) < 4.78 is 5.04. The molecule has 16 heavy (non-hydrogen) atoms. The Morgan fingerprint density at radius 3 is 2.88 bits per heavy atom. The smallest absolute Gasteiger partial charge is 0.313 e. The van der Waals surface area contributed by atoms with E-state index < -0.39 is 0 Å². The standard InChI is InChI=1S/C13H20O3/c1-3-5-6-10-9-11(14)7-8-12(10)13(15)16-4-2/h9,12H,3-8H2,1-2H3. The summed E-state index contributed by atoms with van der Waals surface area (Å²) in [5.74, 6) is -0.201. The molecule has 0 saturated carbocycles. The highest BCUT2D eigenvalue weighted by Gasteiger charge is 2.28. The van der Waals surface area contributed by atoms with Crippen LogP contribution in [-0.2, 0) is 14.3 Å². The zero-order valence-corrected chi connectivity index (χ0v) is 10.1. The lowest BCUT2D eigenvalue weighted by molar-refractivity contribution is -0.147. The van der Waals surface area contributed by atoms with Gasteiger partial charge in [0.15, 0.2) is 5.78 Å². The van der Waals surface area contributed by atoms with Gasteiger partial charge in [0.05, 0.1) is 12.5 Å². The van der Waals surface area contributed by atoms with Crippen LogP contribution in [0.25, 0.3) is 0 Å². The number of allylic oxidation sites excluding steroid dienone is 1. The Labute approximate surface area is 96.9 Å². The van der Waals surface area contributed by atoms with Gasteiger partial charge in [-0.3, -0.25) is 9.59 Å². The zero-order valence-electron chi connectivity index (χ0n) is 10.1. The Hall–Kier alpha value is -1.12. The van der Waals surface area contributed by atoms with Crippen molar-refractivity contribution >= 4 is 11.8 Å². The van der Waals surface area contributed by atoms with E-state index >= 15 is 0 Å². The van der Waals surface area contributed by atoms with Crippen molar-refractivity contribution in [1.82, 2.24) is 0 Å². The predicted octanol–water partition coefficient (Wildman–Crippen LogP) is 2.65. The highest BCUT2D eigenvalue weighted by Crippen LogP contribution is 2.28. The Morgan fingerprint density at radius 2 is 2.25 bits per heavy atom. The summed E-state index contributed by atoms with van der Waals surface area (Å²) >= 11 is 0. The third kappa shape index (κ3) is 3.47. The number of ketones is 1. The molecule has 0 bridgehead atoms. The van der Waals surface area contributed by atoms with E-state index in [0.29, 0.717) is 19.4 Å². The van der Waals surface area contributed by atoms with Gasteiger partial charge < -0.3 is 4.74 Å². The van der Waals surface area contributed by atoms with Crippen LogP contribution in [0.4, 0.5) is 0 Å². The zero-order chi connectivity index (χ0) is 12.0. The van der Waals surface area contributed by atoms with Crippen molar-refractivity contribution in [2.45, 2.75) is 46.0 Å². The first kappa shape index (κ1) is 12.9. The van der Waals surface area contributed by atoms with Crippen LogP contribution >= 0.6 is 0 Å². The molecular weight excluding hydrogens is 204 g/mol. The van der Waals surface area contributed by atoms with Gasteiger partial charge in [0, 0.05) is 6.42 Å². The summed E-state index contributed by atoms with van der Waals surface area (Å²) in [6.07, 6.45) is 5.68. The molecule has 0 aromatic heterocycles. The number of esters is 1. The monoisotopic (exact) mass is 224 g/mol. The summed E-state index contributed by atoms with van der Waals surface area (Å²) in [5.41, 5.74) is 0.969. The van der Waals surface area contributed by atoms with Crippen LogP contribution in [-0.4, -0.2) is 18.4 Å². The maximum Gasteiger partial charge on any atom is 0.313 e. The van der Waals surface area contributed by atoms with Gasteiger partial charge in [0.25, 0.3) is 0 Å². The molecular formula is C13H20O3. The minimum Gasteiger partial charge on any atom is -0.466 e. The van der Waals surface area contributed by atoms with E-state index in [1.807, 2.05) is 0 Å². The Balaban J connectivity index is 2.70. The molecule has 0 aromatic rings. The van der Waals surface area contributed by atoms with Crippen molar-refractivity contribution in [3.05, 3.63) is 11.6 Å². The van der Waals surface area contributed by atoms with Gasteiger partial charge in [-0.1, -0.05) is 18.9 Å². The molecule has 0 N–H and O–H groups in total. The van der Waals surface area contributed by atoms with Crippen LogP contribution in [0.2, 0.25) is 0 Å². The number of rotatable bonds is 5. The van der Waals surface area contributed by atoms with Crippen LogP contribution < -0.4 is 0 Å². The summed E-state index contributed by atoms with van der Waals surface area (Å²) in [5, 5.41) is 0. The third-order valence-electron chi connectivity index (χ3n) is 2.86.